The summed E-state index contributed by atoms with van der Waals surface area (Å²) in [6.45, 7) is 4.20. The van der Waals surface area contributed by atoms with E-state index in [1.165, 1.54) is 0 Å². The van der Waals surface area contributed by atoms with Gasteiger partial charge < -0.3 is 10.8 Å². The molecule has 68 valence electrons. The highest BCUT2D eigenvalue weighted by atomic mass is 35.5. The van der Waals surface area contributed by atoms with Crippen LogP contribution in [0.4, 0.5) is 0 Å². The summed E-state index contributed by atoms with van der Waals surface area (Å²) in [5.74, 6) is 0. The van der Waals surface area contributed by atoms with E-state index in [9.17, 15) is 5.11 Å². The third kappa shape index (κ3) is 2.62. The molecule has 1 aliphatic rings. The first-order valence-corrected chi connectivity index (χ1v) is 3.96. The molecular weight excluding hydrogens is 162 g/mol. The van der Waals surface area contributed by atoms with Crippen molar-refractivity contribution in [1.29, 1.82) is 0 Å². The normalized spacial score (nSPS) is 36.0. The fourth-order valence-corrected chi connectivity index (χ4v) is 1.45. The van der Waals surface area contributed by atoms with Gasteiger partial charge in [0.25, 0.3) is 0 Å². The Bertz CT molecular complexity index is 127. The maximum absolute atomic E-state index is 9.53. The molecule has 3 N–H and O–H groups in total. The second kappa shape index (κ2) is 3.74. The molecule has 11 heavy (non-hydrogen) atoms. The van der Waals surface area contributed by atoms with Gasteiger partial charge in [0, 0.05) is 6.04 Å². The molecule has 2 atom stereocenters. The van der Waals surface area contributed by atoms with Crippen molar-refractivity contribution >= 4 is 12.4 Å². The van der Waals surface area contributed by atoms with E-state index >= 15 is 0 Å². The van der Waals surface area contributed by atoms with Gasteiger partial charge in [-0.25, -0.2) is 0 Å². The predicted molar refractivity (Wildman–Crippen MR) is 48.9 cm³/mol. The molecule has 0 aromatic rings. The number of nitrogens with two attached hydrogens (primary N) is 1. The van der Waals surface area contributed by atoms with Crippen LogP contribution in [0.5, 0.6) is 0 Å². The maximum Gasteiger partial charge on any atom is 0.0605 e. The number of rotatable bonds is 0. The third-order valence-corrected chi connectivity index (χ3v) is 2.59. The zero-order chi connectivity index (χ0) is 7.78. The summed E-state index contributed by atoms with van der Waals surface area (Å²) in [5, 5.41) is 9.53. The second-order valence-corrected chi connectivity index (χ2v) is 4.04. The monoisotopic (exact) mass is 179 g/mol. The van der Waals surface area contributed by atoms with E-state index < -0.39 is 0 Å². The molecular formula is C8H18ClNO. The quantitative estimate of drug-likeness (QED) is 0.589. The number of aliphatic hydroxyl groups is 1. The smallest absolute Gasteiger partial charge is 0.0605 e. The van der Waals surface area contributed by atoms with Crippen molar-refractivity contribution in [1.82, 2.24) is 0 Å². The molecule has 0 heterocycles. The van der Waals surface area contributed by atoms with Crippen molar-refractivity contribution in [3.05, 3.63) is 0 Å². The zero-order valence-corrected chi connectivity index (χ0v) is 8.03. The van der Waals surface area contributed by atoms with E-state index in [0.717, 1.165) is 19.3 Å². The van der Waals surface area contributed by atoms with Crippen molar-refractivity contribution in [2.75, 3.05) is 0 Å². The summed E-state index contributed by atoms with van der Waals surface area (Å²) < 4.78 is 0. The van der Waals surface area contributed by atoms with Gasteiger partial charge in [-0.05, 0) is 24.7 Å². The van der Waals surface area contributed by atoms with Crippen LogP contribution in [0.25, 0.3) is 0 Å². The van der Waals surface area contributed by atoms with Gasteiger partial charge in [0.05, 0.1) is 6.10 Å². The van der Waals surface area contributed by atoms with E-state index in [4.69, 9.17) is 5.73 Å². The van der Waals surface area contributed by atoms with Crippen LogP contribution in [0.3, 0.4) is 0 Å². The molecule has 1 saturated carbocycles. The first-order valence-electron chi connectivity index (χ1n) is 3.96. The Morgan fingerprint density at radius 2 is 2.00 bits per heavy atom. The summed E-state index contributed by atoms with van der Waals surface area (Å²) in [5.41, 5.74) is 5.78. The van der Waals surface area contributed by atoms with E-state index in [1.54, 1.807) is 0 Å². The fraction of sp³-hybridized carbons (Fsp3) is 1.00. The van der Waals surface area contributed by atoms with E-state index in [1.807, 2.05) is 0 Å². The van der Waals surface area contributed by atoms with Crippen LogP contribution in [-0.4, -0.2) is 17.3 Å². The molecule has 0 unspecified atom stereocenters. The average Bonchev–Trinajstić information content (AvgIpc) is 1.81. The lowest BCUT2D eigenvalue weighted by molar-refractivity contribution is 0.00652. The largest absolute Gasteiger partial charge is 0.393 e. The summed E-state index contributed by atoms with van der Waals surface area (Å²) in [6.07, 6.45) is 2.68. The Kier molecular flexibility index (Phi) is 3.82. The number of hydrogen-bond acceptors (Lipinski definition) is 2. The van der Waals surface area contributed by atoms with Crippen LogP contribution in [0.15, 0.2) is 0 Å². The summed E-state index contributed by atoms with van der Waals surface area (Å²) in [7, 11) is 0. The second-order valence-electron chi connectivity index (χ2n) is 4.04. The van der Waals surface area contributed by atoms with Crippen LogP contribution in [-0.2, 0) is 0 Å². The molecule has 0 radical (unpaired) electrons. The van der Waals surface area contributed by atoms with Gasteiger partial charge in [0.15, 0.2) is 0 Å². The molecule has 2 nitrogen and oxygen atoms in total. The molecule has 0 aromatic heterocycles. The van der Waals surface area contributed by atoms with Crippen LogP contribution < -0.4 is 5.73 Å². The number of aliphatic hydroxyl groups excluding tert-OH is 1. The lowest BCUT2D eigenvalue weighted by Crippen LogP contribution is -2.41. The molecule has 1 aliphatic carbocycles. The highest BCUT2D eigenvalue weighted by molar-refractivity contribution is 5.85. The topological polar surface area (TPSA) is 46.2 Å². The van der Waals surface area contributed by atoms with Gasteiger partial charge in [0.2, 0.25) is 0 Å². The van der Waals surface area contributed by atoms with E-state index in [-0.39, 0.29) is 30.0 Å². The highest BCUT2D eigenvalue weighted by Gasteiger charge is 2.33. The highest BCUT2D eigenvalue weighted by Crippen LogP contribution is 2.34. The van der Waals surface area contributed by atoms with Gasteiger partial charge in [-0.2, -0.15) is 0 Å². The minimum absolute atomic E-state index is 0. The molecule has 0 bridgehead atoms. The minimum Gasteiger partial charge on any atom is -0.393 e. The first-order chi connectivity index (χ1) is 4.52. The molecule has 0 aromatic carbocycles. The SMILES string of the molecule is CC1(C)CC[C@@H](N)C[C@H]1O.Cl. The Morgan fingerprint density at radius 1 is 1.45 bits per heavy atom. The standard InChI is InChI=1S/C8H17NO.ClH/c1-8(2)4-3-6(9)5-7(8)10;/h6-7,10H,3-5,9H2,1-2H3;1H/t6-,7-;/m1./s1. The summed E-state index contributed by atoms with van der Waals surface area (Å²) in [6, 6.07) is 0.225. The Balaban J connectivity index is 0.000001000. The average molecular weight is 180 g/mol. The molecule has 1 rings (SSSR count). The van der Waals surface area contributed by atoms with Crippen LogP contribution in [0.1, 0.15) is 33.1 Å². The number of halogens is 1. The predicted octanol–water partition coefficient (Wildman–Crippen LogP) is 1.31. The van der Waals surface area contributed by atoms with Gasteiger partial charge in [-0.3, -0.25) is 0 Å². The zero-order valence-electron chi connectivity index (χ0n) is 7.21. The number of hydrogen-bond donors (Lipinski definition) is 2. The Labute approximate surface area is 74.6 Å². The van der Waals surface area contributed by atoms with Crippen molar-refractivity contribution in [3.8, 4) is 0 Å². The molecule has 0 spiro atoms. The molecule has 0 amide bonds. The maximum atomic E-state index is 9.53. The summed E-state index contributed by atoms with van der Waals surface area (Å²) in [4.78, 5) is 0. The summed E-state index contributed by atoms with van der Waals surface area (Å²) >= 11 is 0. The van der Waals surface area contributed by atoms with Crippen molar-refractivity contribution in [2.45, 2.75) is 45.3 Å². The van der Waals surface area contributed by atoms with E-state index in [0.29, 0.717) is 0 Å². The molecule has 0 saturated heterocycles. The Morgan fingerprint density at radius 3 is 2.36 bits per heavy atom. The minimum atomic E-state index is -0.198. The molecule has 0 aliphatic heterocycles. The van der Waals surface area contributed by atoms with Crippen molar-refractivity contribution < 1.29 is 5.11 Å². The Hall–Kier alpha value is 0.210. The molecule has 3 heteroatoms. The van der Waals surface area contributed by atoms with Crippen LogP contribution >= 0.6 is 12.4 Å². The first kappa shape index (κ1) is 11.2. The lowest BCUT2D eigenvalue weighted by atomic mass is 9.73. The van der Waals surface area contributed by atoms with Gasteiger partial charge in [-0.15, -0.1) is 12.4 Å². The van der Waals surface area contributed by atoms with Crippen molar-refractivity contribution in [2.24, 2.45) is 11.1 Å². The van der Waals surface area contributed by atoms with Crippen molar-refractivity contribution in [3.63, 3.8) is 0 Å². The van der Waals surface area contributed by atoms with E-state index in [2.05, 4.69) is 13.8 Å². The lowest BCUT2D eigenvalue weighted by Gasteiger charge is -2.37. The van der Waals surface area contributed by atoms with Gasteiger partial charge in [-0.1, -0.05) is 13.8 Å². The third-order valence-electron chi connectivity index (χ3n) is 2.59. The fourth-order valence-electron chi connectivity index (χ4n) is 1.45. The van der Waals surface area contributed by atoms with Crippen LogP contribution in [0.2, 0.25) is 0 Å². The van der Waals surface area contributed by atoms with Crippen LogP contribution in [0, 0.1) is 5.41 Å². The van der Waals surface area contributed by atoms with Gasteiger partial charge >= 0.3 is 0 Å². The molecule has 1 fully saturated rings. The van der Waals surface area contributed by atoms with Gasteiger partial charge in [0.1, 0.15) is 0 Å².